The zero-order valence-electron chi connectivity index (χ0n) is 11.3. The van der Waals surface area contributed by atoms with Crippen molar-refractivity contribution in [1.82, 2.24) is 0 Å². The molecule has 0 saturated heterocycles. The summed E-state index contributed by atoms with van der Waals surface area (Å²) in [6.45, 7) is 3.96. The summed E-state index contributed by atoms with van der Waals surface area (Å²) >= 11 is 0. The third-order valence-electron chi connectivity index (χ3n) is 2.40. The molecule has 0 amide bonds. The molecule has 0 aromatic heterocycles. The molecule has 2 rings (SSSR count). The fourth-order valence-corrected chi connectivity index (χ4v) is 2.01. The van der Waals surface area contributed by atoms with Crippen molar-refractivity contribution in [2.24, 2.45) is 0 Å². The van der Waals surface area contributed by atoms with E-state index in [1.165, 1.54) is 0 Å². The Kier molecular flexibility index (Phi) is 6.53. The van der Waals surface area contributed by atoms with Crippen molar-refractivity contribution < 1.29 is 13.6 Å². The van der Waals surface area contributed by atoms with E-state index in [2.05, 4.69) is 0 Å². The zero-order valence-corrected chi connectivity index (χ0v) is 14.2. The Morgan fingerprint density at radius 3 is 1.37 bits per heavy atom. The first kappa shape index (κ1) is 16.2. The first-order valence-corrected chi connectivity index (χ1v) is 6.69. The van der Waals surface area contributed by atoms with E-state index in [1.807, 2.05) is 38.1 Å². The van der Waals surface area contributed by atoms with Crippen LogP contribution in [0.1, 0.15) is 11.1 Å². The van der Waals surface area contributed by atoms with Gasteiger partial charge in [0.05, 0.1) is 0 Å². The second-order valence-corrected chi connectivity index (χ2v) is 4.84. The molecule has 0 fully saturated rings. The van der Waals surface area contributed by atoms with Crippen LogP contribution in [0.25, 0.3) is 0 Å². The van der Waals surface area contributed by atoms with Gasteiger partial charge in [-0.15, -0.1) is 0 Å². The van der Waals surface area contributed by atoms with Crippen LogP contribution in [0, 0.1) is 13.8 Å². The maximum atomic E-state index is 11.7. The van der Waals surface area contributed by atoms with E-state index in [4.69, 9.17) is 9.05 Å². The van der Waals surface area contributed by atoms with Crippen LogP contribution in [0.15, 0.2) is 48.5 Å². The molecule has 2 aromatic rings. The number of hydrogen-bond acceptors (Lipinski definition) is 3. The van der Waals surface area contributed by atoms with Crippen LogP contribution in [-0.4, -0.2) is 29.6 Å². The van der Waals surface area contributed by atoms with Gasteiger partial charge in [-0.1, -0.05) is 35.4 Å². The van der Waals surface area contributed by atoms with E-state index in [0.29, 0.717) is 11.5 Å². The standard InChI is InChI=1S/C14H14O3P.Na/c1-11-3-7-13(8-4-11)16-18(15)17-14-9-5-12(2)6-10-14;/h3-10H,1-2H3;/q+1;. The van der Waals surface area contributed by atoms with Crippen molar-refractivity contribution in [1.29, 1.82) is 0 Å². The number of benzene rings is 2. The molecule has 1 radical (unpaired) electrons. The zero-order chi connectivity index (χ0) is 13.0. The predicted octanol–water partition coefficient (Wildman–Crippen LogP) is 4.04. The molecule has 0 unspecified atom stereocenters. The molecule has 3 nitrogen and oxygen atoms in total. The molecule has 0 bridgehead atoms. The first-order valence-electron chi connectivity index (χ1n) is 5.60. The molecule has 0 heterocycles. The Morgan fingerprint density at radius 1 is 0.737 bits per heavy atom. The maximum absolute atomic E-state index is 11.7. The summed E-state index contributed by atoms with van der Waals surface area (Å²) in [6.07, 6.45) is 0. The molecular weight excluding hydrogens is 270 g/mol. The molecule has 0 spiro atoms. The molecule has 19 heavy (non-hydrogen) atoms. The third-order valence-corrected chi connectivity index (χ3v) is 3.12. The van der Waals surface area contributed by atoms with Crippen LogP contribution in [0.4, 0.5) is 0 Å². The smallest absolute Gasteiger partial charge is 0.222 e. The van der Waals surface area contributed by atoms with Crippen molar-refractivity contribution in [2.75, 3.05) is 0 Å². The molecule has 0 aliphatic rings. The van der Waals surface area contributed by atoms with Crippen molar-refractivity contribution in [3.05, 3.63) is 59.7 Å². The van der Waals surface area contributed by atoms with E-state index < -0.39 is 8.25 Å². The summed E-state index contributed by atoms with van der Waals surface area (Å²) in [5.41, 5.74) is 2.24. The van der Waals surface area contributed by atoms with Crippen molar-refractivity contribution in [3.8, 4) is 11.5 Å². The van der Waals surface area contributed by atoms with Crippen molar-refractivity contribution >= 4 is 37.8 Å². The average molecular weight is 284 g/mol. The van der Waals surface area contributed by atoms with E-state index in [-0.39, 0.29) is 29.6 Å². The molecule has 0 N–H and O–H groups in total. The van der Waals surface area contributed by atoms with Gasteiger partial charge in [-0.25, -0.2) is 9.05 Å². The van der Waals surface area contributed by atoms with Gasteiger partial charge in [0.2, 0.25) is 0 Å². The Hall–Kier alpha value is -0.860. The van der Waals surface area contributed by atoms with Crippen LogP contribution in [0.2, 0.25) is 0 Å². The summed E-state index contributed by atoms with van der Waals surface area (Å²) in [6, 6.07) is 14.6. The van der Waals surface area contributed by atoms with E-state index >= 15 is 0 Å². The van der Waals surface area contributed by atoms with Gasteiger partial charge in [0, 0.05) is 34.1 Å². The summed E-state index contributed by atoms with van der Waals surface area (Å²) in [4.78, 5) is 0. The molecule has 0 atom stereocenters. The molecule has 0 aliphatic heterocycles. The van der Waals surface area contributed by atoms with Crippen LogP contribution in [0.3, 0.4) is 0 Å². The van der Waals surface area contributed by atoms with E-state index in [1.54, 1.807) is 24.3 Å². The SMILES string of the molecule is Cc1ccc(O[P+](=O)Oc2ccc(C)cc2)cc1.[Na]. The Morgan fingerprint density at radius 2 is 1.05 bits per heavy atom. The second-order valence-electron chi connectivity index (χ2n) is 4.03. The fourth-order valence-electron chi connectivity index (χ4n) is 1.39. The van der Waals surface area contributed by atoms with Crippen LogP contribution in [0.5, 0.6) is 11.5 Å². The second kappa shape index (κ2) is 7.66. The summed E-state index contributed by atoms with van der Waals surface area (Å²) in [5, 5.41) is 0. The minimum absolute atomic E-state index is 0. The Labute approximate surface area is 136 Å². The van der Waals surface area contributed by atoms with Crippen LogP contribution >= 0.6 is 8.25 Å². The van der Waals surface area contributed by atoms with Gasteiger partial charge in [-0.2, -0.15) is 0 Å². The van der Waals surface area contributed by atoms with Crippen LogP contribution in [-0.2, 0) is 4.57 Å². The van der Waals surface area contributed by atoms with E-state index in [9.17, 15) is 4.57 Å². The molecular formula is C14H14NaO3P+. The minimum Gasteiger partial charge on any atom is -0.222 e. The molecule has 2 aromatic carbocycles. The molecule has 0 saturated carbocycles. The number of hydrogen-bond donors (Lipinski definition) is 0. The minimum atomic E-state index is -2.20. The topological polar surface area (TPSA) is 35.5 Å². The van der Waals surface area contributed by atoms with Gasteiger partial charge in [-0.3, -0.25) is 0 Å². The number of aryl methyl sites for hydroxylation is 2. The van der Waals surface area contributed by atoms with Gasteiger partial charge in [0.1, 0.15) is 0 Å². The predicted molar refractivity (Wildman–Crippen MR) is 77.0 cm³/mol. The molecule has 5 heteroatoms. The van der Waals surface area contributed by atoms with Gasteiger partial charge in [0.15, 0.2) is 11.5 Å². The first-order chi connectivity index (χ1) is 8.63. The van der Waals surface area contributed by atoms with Gasteiger partial charge < -0.3 is 0 Å². The summed E-state index contributed by atoms with van der Waals surface area (Å²) in [7, 11) is -2.20. The quantitative estimate of drug-likeness (QED) is 0.628. The number of rotatable bonds is 4. The fraction of sp³-hybridized carbons (Fsp3) is 0.143. The maximum Gasteiger partial charge on any atom is 0.805 e. The average Bonchev–Trinajstić information content (AvgIpc) is 2.35. The van der Waals surface area contributed by atoms with Gasteiger partial charge in [0.25, 0.3) is 0 Å². The monoisotopic (exact) mass is 284 g/mol. The normalized spacial score (nSPS) is 9.37. The van der Waals surface area contributed by atoms with Crippen molar-refractivity contribution in [2.45, 2.75) is 13.8 Å². The van der Waals surface area contributed by atoms with E-state index in [0.717, 1.165) is 11.1 Å². The van der Waals surface area contributed by atoms with Crippen LogP contribution < -0.4 is 9.05 Å². The summed E-state index contributed by atoms with van der Waals surface area (Å²) < 4.78 is 22.0. The van der Waals surface area contributed by atoms with Gasteiger partial charge in [-0.05, 0) is 38.1 Å². The molecule has 93 valence electrons. The Balaban J connectivity index is 0.00000180. The summed E-state index contributed by atoms with van der Waals surface area (Å²) in [5.74, 6) is 1.07. The largest absolute Gasteiger partial charge is 0.805 e. The van der Waals surface area contributed by atoms with Crippen molar-refractivity contribution in [3.63, 3.8) is 0 Å². The third kappa shape index (κ3) is 5.33. The van der Waals surface area contributed by atoms with Gasteiger partial charge >= 0.3 is 8.25 Å². The molecule has 0 aliphatic carbocycles. The Bertz CT molecular complexity index is 488.